The topological polar surface area (TPSA) is 33.7 Å². The Kier molecular flexibility index (Phi) is 5.61. The van der Waals surface area contributed by atoms with Gasteiger partial charge in [0.25, 0.3) is 0 Å². The Labute approximate surface area is 178 Å². The summed E-state index contributed by atoms with van der Waals surface area (Å²) in [5, 5.41) is 3.56. The van der Waals surface area contributed by atoms with E-state index in [1.54, 1.807) is 7.11 Å². The van der Waals surface area contributed by atoms with Crippen LogP contribution in [0.1, 0.15) is 37.6 Å². The summed E-state index contributed by atoms with van der Waals surface area (Å²) < 4.78 is 11.4. The molecule has 1 atom stereocenters. The van der Waals surface area contributed by atoms with Crippen LogP contribution < -0.4 is 10.1 Å². The Hall–Kier alpha value is -2.37. The van der Waals surface area contributed by atoms with Gasteiger partial charge in [0.05, 0.1) is 19.3 Å². The van der Waals surface area contributed by atoms with Crippen molar-refractivity contribution in [2.45, 2.75) is 38.5 Å². The summed E-state index contributed by atoms with van der Waals surface area (Å²) in [6.45, 7) is 5.77. The molecule has 0 bridgehead atoms. The number of nitrogens with one attached hydrogen (secondary N) is 1. The highest BCUT2D eigenvalue weighted by Gasteiger charge is 2.38. The van der Waals surface area contributed by atoms with Gasteiger partial charge in [0.2, 0.25) is 0 Å². The number of nitrogens with zero attached hydrogens (tertiary/aromatic N) is 1. The van der Waals surface area contributed by atoms with Gasteiger partial charge >= 0.3 is 0 Å². The fraction of sp³-hybridized carbons (Fsp3) is 0.375. The second-order valence-electron chi connectivity index (χ2n) is 8.23. The van der Waals surface area contributed by atoms with Crippen molar-refractivity contribution in [2.24, 2.45) is 0 Å². The van der Waals surface area contributed by atoms with Crippen molar-refractivity contribution >= 4 is 17.2 Å². The molecule has 2 aliphatic heterocycles. The molecule has 1 unspecified atom stereocenters. The monoisotopic (exact) mass is 408 g/mol. The van der Waals surface area contributed by atoms with Crippen LogP contribution in [-0.4, -0.2) is 35.8 Å². The van der Waals surface area contributed by atoms with Crippen molar-refractivity contribution in [3.05, 3.63) is 77.0 Å². The van der Waals surface area contributed by atoms with E-state index in [0.29, 0.717) is 6.61 Å². The minimum absolute atomic E-state index is 0.00442. The lowest BCUT2D eigenvalue weighted by molar-refractivity contribution is -0.0246. The normalized spacial score (nSPS) is 20.9. The molecule has 152 valence electrons. The number of thiocarbonyl (C=S) groups is 1. The average Bonchev–Trinajstić information content (AvgIpc) is 2.73. The van der Waals surface area contributed by atoms with Gasteiger partial charge in [-0.3, -0.25) is 0 Å². The van der Waals surface area contributed by atoms with E-state index in [1.165, 1.54) is 16.8 Å². The molecule has 0 aliphatic carbocycles. The third kappa shape index (κ3) is 4.31. The maximum absolute atomic E-state index is 6.06. The molecule has 4 rings (SSSR count). The van der Waals surface area contributed by atoms with Crippen LogP contribution in [0.25, 0.3) is 0 Å². The fourth-order valence-corrected chi connectivity index (χ4v) is 4.32. The molecule has 2 aromatic rings. The van der Waals surface area contributed by atoms with Crippen LogP contribution in [-0.2, 0) is 11.2 Å². The number of methoxy groups -OCH3 is 1. The third-order valence-electron chi connectivity index (χ3n) is 5.66. The SMILES string of the molecule is COc1ccc(C2NC(=S)C3=C(CC(C)(C)OC3)N2CCc2ccccc2)cc1. The Morgan fingerprint density at radius 2 is 1.86 bits per heavy atom. The smallest absolute Gasteiger partial charge is 0.126 e. The molecule has 0 radical (unpaired) electrons. The quantitative estimate of drug-likeness (QED) is 0.730. The second-order valence-corrected chi connectivity index (χ2v) is 8.64. The molecule has 2 aromatic carbocycles. The van der Waals surface area contributed by atoms with Gasteiger partial charge in [-0.15, -0.1) is 0 Å². The largest absolute Gasteiger partial charge is 0.497 e. The van der Waals surface area contributed by atoms with Gasteiger partial charge in [0.1, 0.15) is 16.9 Å². The van der Waals surface area contributed by atoms with Crippen molar-refractivity contribution < 1.29 is 9.47 Å². The predicted octanol–water partition coefficient (Wildman–Crippen LogP) is 4.62. The maximum Gasteiger partial charge on any atom is 0.126 e. The summed E-state index contributed by atoms with van der Waals surface area (Å²) in [6, 6.07) is 18.9. The first kappa shape index (κ1) is 19.9. The van der Waals surface area contributed by atoms with E-state index in [1.807, 2.05) is 12.1 Å². The van der Waals surface area contributed by atoms with Crippen LogP contribution in [0, 0.1) is 0 Å². The number of ether oxygens (including phenoxy) is 2. The van der Waals surface area contributed by atoms with E-state index < -0.39 is 0 Å². The van der Waals surface area contributed by atoms with E-state index in [-0.39, 0.29) is 11.8 Å². The predicted molar refractivity (Wildman–Crippen MR) is 120 cm³/mol. The van der Waals surface area contributed by atoms with E-state index in [0.717, 1.165) is 35.7 Å². The molecule has 2 heterocycles. The van der Waals surface area contributed by atoms with Gasteiger partial charge in [-0.25, -0.2) is 0 Å². The van der Waals surface area contributed by atoms with E-state index in [2.05, 4.69) is 66.5 Å². The first-order valence-corrected chi connectivity index (χ1v) is 10.5. The summed E-state index contributed by atoms with van der Waals surface area (Å²) in [7, 11) is 1.69. The summed E-state index contributed by atoms with van der Waals surface area (Å²) in [5.41, 5.74) is 4.75. The van der Waals surface area contributed by atoms with Crippen molar-refractivity contribution in [2.75, 3.05) is 20.3 Å². The Bertz CT molecular complexity index is 906. The minimum atomic E-state index is -0.193. The van der Waals surface area contributed by atoms with Crippen LogP contribution in [0.4, 0.5) is 0 Å². The summed E-state index contributed by atoms with van der Waals surface area (Å²) in [6.07, 6.45) is 1.83. The molecule has 0 saturated heterocycles. The first-order valence-electron chi connectivity index (χ1n) is 10.1. The third-order valence-corrected chi connectivity index (χ3v) is 6.03. The molecule has 1 N–H and O–H groups in total. The Morgan fingerprint density at radius 1 is 1.14 bits per heavy atom. The molecule has 4 nitrogen and oxygen atoms in total. The highest BCUT2D eigenvalue weighted by molar-refractivity contribution is 7.80. The van der Waals surface area contributed by atoms with Gasteiger partial charge in [-0.2, -0.15) is 0 Å². The molecular formula is C24H28N2O2S. The minimum Gasteiger partial charge on any atom is -0.497 e. The van der Waals surface area contributed by atoms with E-state index >= 15 is 0 Å². The Morgan fingerprint density at radius 3 is 2.55 bits per heavy atom. The fourth-order valence-electron chi connectivity index (χ4n) is 4.04. The molecule has 0 fully saturated rings. The van der Waals surface area contributed by atoms with Crippen molar-refractivity contribution in [1.82, 2.24) is 10.2 Å². The van der Waals surface area contributed by atoms with Crippen LogP contribution in [0.3, 0.4) is 0 Å². The van der Waals surface area contributed by atoms with Crippen molar-refractivity contribution in [3.8, 4) is 5.75 Å². The van der Waals surface area contributed by atoms with E-state index in [4.69, 9.17) is 21.7 Å². The van der Waals surface area contributed by atoms with Crippen LogP contribution in [0.2, 0.25) is 0 Å². The van der Waals surface area contributed by atoms with Gasteiger partial charge in [-0.05, 0) is 43.5 Å². The number of rotatable bonds is 5. The van der Waals surface area contributed by atoms with Crippen LogP contribution in [0.5, 0.6) is 5.75 Å². The van der Waals surface area contributed by atoms with E-state index in [9.17, 15) is 0 Å². The summed E-state index contributed by atoms with van der Waals surface area (Å²) >= 11 is 5.73. The van der Waals surface area contributed by atoms with Crippen LogP contribution >= 0.6 is 12.2 Å². The average molecular weight is 409 g/mol. The zero-order chi connectivity index (χ0) is 20.4. The van der Waals surface area contributed by atoms with Gasteiger partial charge in [0, 0.05) is 24.2 Å². The van der Waals surface area contributed by atoms with Gasteiger partial charge < -0.3 is 19.7 Å². The lowest BCUT2D eigenvalue weighted by Gasteiger charge is -2.47. The highest BCUT2D eigenvalue weighted by atomic mass is 32.1. The molecule has 29 heavy (non-hydrogen) atoms. The van der Waals surface area contributed by atoms with Gasteiger partial charge in [-0.1, -0.05) is 54.7 Å². The van der Waals surface area contributed by atoms with Gasteiger partial charge in [0.15, 0.2) is 0 Å². The van der Waals surface area contributed by atoms with Crippen molar-refractivity contribution in [3.63, 3.8) is 0 Å². The van der Waals surface area contributed by atoms with Crippen LogP contribution in [0.15, 0.2) is 65.9 Å². The summed E-state index contributed by atoms with van der Waals surface area (Å²) in [5.74, 6) is 0.857. The Balaban J connectivity index is 1.68. The molecule has 5 heteroatoms. The molecule has 0 saturated carbocycles. The second kappa shape index (κ2) is 8.17. The number of hydrogen-bond donors (Lipinski definition) is 1. The standard InChI is InChI=1S/C24H28N2O2S/c1-24(2)15-21-20(16-28-24)23(29)25-22(18-9-11-19(27-3)12-10-18)26(21)14-13-17-7-5-4-6-8-17/h4-12,22H,13-16H2,1-3H3,(H,25,29). The maximum atomic E-state index is 6.06. The van der Waals surface area contributed by atoms with Crippen molar-refractivity contribution in [1.29, 1.82) is 0 Å². The number of hydrogen-bond acceptors (Lipinski definition) is 4. The number of benzene rings is 2. The highest BCUT2D eigenvalue weighted by Crippen LogP contribution is 2.38. The lowest BCUT2D eigenvalue weighted by atomic mass is 9.92. The summed E-state index contributed by atoms with van der Waals surface area (Å²) in [4.78, 5) is 3.27. The molecule has 0 spiro atoms. The molecular weight excluding hydrogens is 380 g/mol. The zero-order valence-corrected chi connectivity index (χ0v) is 18.1. The lowest BCUT2D eigenvalue weighted by Crippen LogP contribution is -2.51. The molecule has 0 aromatic heterocycles. The molecule has 2 aliphatic rings. The zero-order valence-electron chi connectivity index (χ0n) is 17.3. The first-order chi connectivity index (χ1) is 14.0. The molecule has 0 amide bonds.